The lowest BCUT2D eigenvalue weighted by molar-refractivity contribution is -0.149. The average molecular weight is 238 g/mol. The molecule has 1 aromatic heterocycles. The highest BCUT2D eigenvalue weighted by Gasteiger charge is 2.31. The first-order valence-corrected chi connectivity index (χ1v) is 6.23. The number of piperidine rings is 1. The Kier molecular flexibility index (Phi) is 3.36. The standard InChI is InChI=1S/C11H14N2O2S/c12-9-1-2-10(14)13(11(9)15)5-3-8-4-6-16-7-8/h4,6-7,9H,1-3,5,12H2. The largest absolute Gasteiger partial charge is 0.320 e. The van der Waals surface area contributed by atoms with Crippen molar-refractivity contribution in [2.75, 3.05) is 6.54 Å². The highest BCUT2D eigenvalue weighted by molar-refractivity contribution is 7.07. The predicted octanol–water partition coefficient (Wildman–Crippen LogP) is 0.767. The van der Waals surface area contributed by atoms with Gasteiger partial charge in [0.2, 0.25) is 11.8 Å². The van der Waals surface area contributed by atoms with Gasteiger partial charge in [0, 0.05) is 13.0 Å². The van der Waals surface area contributed by atoms with Crippen molar-refractivity contribution < 1.29 is 9.59 Å². The number of carbonyl (C=O) groups excluding carboxylic acids is 2. The van der Waals surface area contributed by atoms with E-state index < -0.39 is 6.04 Å². The van der Waals surface area contributed by atoms with E-state index in [1.165, 1.54) is 4.90 Å². The number of carbonyl (C=O) groups is 2. The number of hydrogen-bond acceptors (Lipinski definition) is 4. The van der Waals surface area contributed by atoms with Crippen molar-refractivity contribution >= 4 is 23.2 Å². The molecule has 2 heterocycles. The van der Waals surface area contributed by atoms with Crippen LogP contribution in [0.5, 0.6) is 0 Å². The van der Waals surface area contributed by atoms with E-state index in [4.69, 9.17) is 5.73 Å². The van der Waals surface area contributed by atoms with Gasteiger partial charge in [-0.3, -0.25) is 14.5 Å². The van der Waals surface area contributed by atoms with E-state index in [0.717, 1.165) is 5.56 Å². The van der Waals surface area contributed by atoms with Gasteiger partial charge in [-0.2, -0.15) is 11.3 Å². The van der Waals surface area contributed by atoms with E-state index in [9.17, 15) is 9.59 Å². The van der Waals surface area contributed by atoms with Crippen LogP contribution < -0.4 is 5.73 Å². The van der Waals surface area contributed by atoms with Crippen molar-refractivity contribution in [2.45, 2.75) is 25.3 Å². The van der Waals surface area contributed by atoms with Gasteiger partial charge in [-0.05, 0) is 35.2 Å². The normalized spacial score (nSPS) is 21.6. The third kappa shape index (κ3) is 2.31. The molecule has 2 amide bonds. The van der Waals surface area contributed by atoms with Gasteiger partial charge in [0.05, 0.1) is 6.04 Å². The van der Waals surface area contributed by atoms with Gasteiger partial charge in [-0.25, -0.2) is 0 Å². The topological polar surface area (TPSA) is 63.4 Å². The number of nitrogens with two attached hydrogens (primary N) is 1. The summed E-state index contributed by atoms with van der Waals surface area (Å²) in [7, 11) is 0. The van der Waals surface area contributed by atoms with Crippen LogP contribution in [0.15, 0.2) is 16.8 Å². The summed E-state index contributed by atoms with van der Waals surface area (Å²) in [4.78, 5) is 24.5. The van der Waals surface area contributed by atoms with Crippen LogP contribution >= 0.6 is 11.3 Å². The quantitative estimate of drug-likeness (QED) is 0.791. The van der Waals surface area contributed by atoms with Gasteiger partial charge >= 0.3 is 0 Å². The lowest BCUT2D eigenvalue weighted by atomic mass is 10.0. The second-order valence-electron chi connectivity index (χ2n) is 3.91. The minimum absolute atomic E-state index is 0.0954. The molecule has 5 heteroatoms. The second-order valence-corrected chi connectivity index (χ2v) is 4.69. The first-order chi connectivity index (χ1) is 7.68. The fourth-order valence-electron chi connectivity index (χ4n) is 1.77. The van der Waals surface area contributed by atoms with Crippen LogP contribution in [-0.4, -0.2) is 29.3 Å². The molecule has 86 valence electrons. The summed E-state index contributed by atoms with van der Waals surface area (Å²) in [6, 6.07) is 1.50. The molecule has 0 bridgehead atoms. The maximum absolute atomic E-state index is 11.7. The molecule has 2 rings (SSSR count). The Morgan fingerprint density at radius 1 is 1.50 bits per heavy atom. The summed E-state index contributed by atoms with van der Waals surface area (Å²) in [5.41, 5.74) is 6.80. The van der Waals surface area contributed by atoms with Crippen molar-refractivity contribution in [1.29, 1.82) is 0 Å². The first-order valence-electron chi connectivity index (χ1n) is 5.29. The van der Waals surface area contributed by atoms with E-state index in [1.807, 2.05) is 16.8 Å². The summed E-state index contributed by atoms with van der Waals surface area (Å²) in [5, 5.41) is 4.01. The van der Waals surface area contributed by atoms with Crippen LogP contribution in [0.1, 0.15) is 18.4 Å². The number of hydrogen-bond donors (Lipinski definition) is 1. The molecule has 0 spiro atoms. The molecular weight excluding hydrogens is 224 g/mol. The predicted molar refractivity (Wildman–Crippen MR) is 62.0 cm³/mol. The molecule has 2 N–H and O–H groups in total. The molecule has 4 nitrogen and oxygen atoms in total. The molecule has 0 aliphatic carbocycles. The van der Waals surface area contributed by atoms with Crippen molar-refractivity contribution in [2.24, 2.45) is 5.73 Å². The second kappa shape index (κ2) is 4.76. The SMILES string of the molecule is NC1CCC(=O)N(CCc2ccsc2)C1=O. The van der Waals surface area contributed by atoms with Crippen molar-refractivity contribution in [3.05, 3.63) is 22.4 Å². The van der Waals surface area contributed by atoms with E-state index in [2.05, 4.69) is 0 Å². The number of rotatable bonds is 3. The number of amides is 2. The van der Waals surface area contributed by atoms with E-state index in [0.29, 0.717) is 25.8 Å². The maximum Gasteiger partial charge on any atom is 0.246 e. The third-order valence-corrected chi connectivity index (χ3v) is 3.49. The molecule has 1 aliphatic heterocycles. The maximum atomic E-state index is 11.7. The third-order valence-electron chi connectivity index (χ3n) is 2.76. The molecule has 0 aromatic carbocycles. The lowest BCUT2D eigenvalue weighted by Crippen LogP contribution is -2.51. The fourth-order valence-corrected chi connectivity index (χ4v) is 2.47. The van der Waals surface area contributed by atoms with Gasteiger partial charge in [0.1, 0.15) is 0 Å². The summed E-state index contributed by atoms with van der Waals surface area (Å²) in [6.07, 6.45) is 1.58. The van der Waals surface area contributed by atoms with E-state index >= 15 is 0 Å². The van der Waals surface area contributed by atoms with E-state index in [1.54, 1.807) is 11.3 Å². The van der Waals surface area contributed by atoms with Gasteiger partial charge < -0.3 is 5.73 Å². The Hall–Kier alpha value is -1.20. The van der Waals surface area contributed by atoms with Gasteiger partial charge in [-0.15, -0.1) is 0 Å². The highest BCUT2D eigenvalue weighted by atomic mass is 32.1. The molecule has 0 saturated carbocycles. The smallest absolute Gasteiger partial charge is 0.246 e. The highest BCUT2D eigenvalue weighted by Crippen LogP contribution is 2.13. The number of likely N-dealkylation sites (tertiary alicyclic amines) is 1. The molecule has 1 unspecified atom stereocenters. The Balaban J connectivity index is 1.97. The number of imide groups is 1. The summed E-state index contributed by atoms with van der Waals surface area (Å²) in [5.74, 6) is -0.326. The van der Waals surface area contributed by atoms with Crippen molar-refractivity contribution in [3.63, 3.8) is 0 Å². The Morgan fingerprint density at radius 2 is 2.31 bits per heavy atom. The lowest BCUT2D eigenvalue weighted by Gasteiger charge is -2.28. The van der Waals surface area contributed by atoms with Crippen LogP contribution in [0.25, 0.3) is 0 Å². The van der Waals surface area contributed by atoms with Crippen LogP contribution in [-0.2, 0) is 16.0 Å². The minimum atomic E-state index is -0.500. The monoisotopic (exact) mass is 238 g/mol. The molecule has 1 atom stereocenters. The molecule has 1 aliphatic rings. The van der Waals surface area contributed by atoms with Crippen LogP contribution in [0.2, 0.25) is 0 Å². The van der Waals surface area contributed by atoms with Gasteiger partial charge in [-0.1, -0.05) is 0 Å². The number of thiophene rings is 1. The Labute approximate surface area is 98.0 Å². The molecule has 1 saturated heterocycles. The zero-order valence-electron chi connectivity index (χ0n) is 8.89. The average Bonchev–Trinajstić information content (AvgIpc) is 2.77. The summed E-state index contributed by atoms with van der Waals surface area (Å²) < 4.78 is 0. The van der Waals surface area contributed by atoms with Gasteiger partial charge in [0.25, 0.3) is 0 Å². The number of nitrogens with zero attached hydrogens (tertiary/aromatic N) is 1. The zero-order valence-corrected chi connectivity index (χ0v) is 9.70. The van der Waals surface area contributed by atoms with E-state index in [-0.39, 0.29) is 11.8 Å². The molecule has 1 aromatic rings. The van der Waals surface area contributed by atoms with Crippen LogP contribution in [0.3, 0.4) is 0 Å². The van der Waals surface area contributed by atoms with Crippen LogP contribution in [0.4, 0.5) is 0 Å². The first kappa shape index (κ1) is 11.3. The minimum Gasteiger partial charge on any atom is -0.320 e. The van der Waals surface area contributed by atoms with Crippen molar-refractivity contribution in [1.82, 2.24) is 4.90 Å². The molecule has 16 heavy (non-hydrogen) atoms. The molecular formula is C11H14N2O2S. The Morgan fingerprint density at radius 3 is 3.00 bits per heavy atom. The summed E-state index contributed by atoms with van der Waals surface area (Å²) in [6.45, 7) is 0.447. The van der Waals surface area contributed by atoms with Crippen molar-refractivity contribution in [3.8, 4) is 0 Å². The summed E-state index contributed by atoms with van der Waals surface area (Å²) >= 11 is 1.62. The molecule has 1 fully saturated rings. The van der Waals surface area contributed by atoms with Crippen LogP contribution in [0, 0.1) is 0 Å². The zero-order chi connectivity index (χ0) is 11.5. The van der Waals surface area contributed by atoms with Gasteiger partial charge in [0.15, 0.2) is 0 Å². The fraction of sp³-hybridized carbons (Fsp3) is 0.455. The Bertz CT molecular complexity index is 389. The molecule has 0 radical (unpaired) electrons.